The van der Waals surface area contributed by atoms with Gasteiger partial charge in [-0.2, -0.15) is 0 Å². The average Bonchev–Trinajstić information content (AvgIpc) is 2.60. The maximum atomic E-state index is 11.9. The predicted octanol–water partition coefficient (Wildman–Crippen LogP) is 2.66. The van der Waals surface area contributed by atoms with Crippen LogP contribution in [0.15, 0.2) is 18.2 Å². The summed E-state index contributed by atoms with van der Waals surface area (Å²) >= 11 is 0. The van der Waals surface area contributed by atoms with Crippen molar-refractivity contribution in [3.63, 3.8) is 0 Å². The Bertz CT molecular complexity index is 474. The monoisotopic (exact) mass is 276 g/mol. The van der Waals surface area contributed by atoms with E-state index in [0.717, 1.165) is 37.2 Å². The van der Waals surface area contributed by atoms with Crippen molar-refractivity contribution in [1.29, 1.82) is 0 Å². The number of nitrogens with zero attached hydrogens (tertiary/aromatic N) is 1. The van der Waals surface area contributed by atoms with Gasteiger partial charge in [0.2, 0.25) is 5.91 Å². The van der Waals surface area contributed by atoms with Gasteiger partial charge >= 0.3 is 0 Å². The van der Waals surface area contributed by atoms with E-state index in [1.165, 1.54) is 5.56 Å². The van der Waals surface area contributed by atoms with Crippen molar-refractivity contribution < 1.29 is 9.53 Å². The lowest BCUT2D eigenvalue weighted by molar-refractivity contribution is -0.116. The second-order valence-corrected chi connectivity index (χ2v) is 5.24. The molecule has 0 fully saturated rings. The van der Waals surface area contributed by atoms with Gasteiger partial charge in [0.1, 0.15) is 5.75 Å². The second kappa shape index (κ2) is 6.75. The molecule has 1 aromatic carbocycles. The molecule has 1 unspecified atom stereocenters. The predicted molar refractivity (Wildman–Crippen MR) is 81.3 cm³/mol. The third-order valence-electron chi connectivity index (χ3n) is 3.87. The first-order valence-corrected chi connectivity index (χ1v) is 7.42. The van der Waals surface area contributed by atoms with Gasteiger partial charge in [-0.25, -0.2) is 0 Å². The van der Waals surface area contributed by atoms with Crippen LogP contribution < -0.4 is 15.4 Å². The average molecular weight is 276 g/mol. The lowest BCUT2D eigenvalue weighted by Gasteiger charge is -2.23. The van der Waals surface area contributed by atoms with E-state index in [1.54, 1.807) is 6.92 Å². The second-order valence-electron chi connectivity index (χ2n) is 5.24. The number of ether oxygens (including phenoxy) is 1. The van der Waals surface area contributed by atoms with E-state index in [0.29, 0.717) is 19.1 Å². The van der Waals surface area contributed by atoms with E-state index in [2.05, 4.69) is 6.07 Å². The van der Waals surface area contributed by atoms with Gasteiger partial charge in [0.05, 0.1) is 6.61 Å². The number of amides is 1. The van der Waals surface area contributed by atoms with Crippen LogP contribution in [0.25, 0.3) is 0 Å². The van der Waals surface area contributed by atoms with Crippen molar-refractivity contribution >= 4 is 11.6 Å². The number of nitrogens with two attached hydrogens (primary N) is 1. The maximum Gasteiger partial charge on any atom is 0.223 e. The van der Waals surface area contributed by atoms with Crippen LogP contribution in [0.4, 0.5) is 5.69 Å². The molecule has 1 atom stereocenters. The van der Waals surface area contributed by atoms with Crippen molar-refractivity contribution in [3.8, 4) is 5.75 Å². The molecule has 0 saturated carbocycles. The zero-order chi connectivity index (χ0) is 14.5. The van der Waals surface area contributed by atoms with Crippen LogP contribution in [0.5, 0.6) is 5.75 Å². The van der Waals surface area contributed by atoms with Crippen LogP contribution in [-0.2, 0) is 4.79 Å². The Morgan fingerprint density at radius 1 is 1.50 bits per heavy atom. The number of benzene rings is 1. The number of rotatable bonds is 4. The van der Waals surface area contributed by atoms with Gasteiger partial charge < -0.3 is 15.4 Å². The molecular formula is C16H24N2O2. The van der Waals surface area contributed by atoms with Gasteiger partial charge in [0.15, 0.2) is 0 Å². The van der Waals surface area contributed by atoms with E-state index < -0.39 is 0 Å². The minimum atomic E-state index is 0.101. The summed E-state index contributed by atoms with van der Waals surface area (Å²) < 4.78 is 5.60. The first-order chi connectivity index (χ1) is 9.67. The summed E-state index contributed by atoms with van der Waals surface area (Å²) in [4.78, 5) is 13.7. The molecule has 0 saturated heterocycles. The normalized spacial score (nSPS) is 18.4. The first kappa shape index (κ1) is 14.9. The number of carbonyl (C=O) groups excluding carboxylic acids is 1. The highest BCUT2D eigenvalue weighted by Gasteiger charge is 2.25. The minimum Gasteiger partial charge on any atom is -0.494 e. The third-order valence-corrected chi connectivity index (χ3v) is 3.87. The zero-order valence-corrected chi connectivity index (χ0v) is 12.4. The highest BCUT2D eigenvalue weighted by atomic mass is 16.5. The summed E-state index contributed by atoms with van der Waals surface area (Å²) in [5.74, 6) is 1.39. The Labute approximate surface area is 120 Å². The molecule has 20 heavy (non-hydrogen) atoms. The molecule has 1 aliphatic heterocycles. The van der Waals surface area contributed by atoms with Gasteiger partial charge in [0.25, 0.3) is 0 Å². The van der Waals surface area contributed by atoms with Gasteiger partial charge in [-0.3, -0.25) is 4.79 Å². The lowest BCUT2D eigenvalue weighted by atomic mass is 9.91. The minimum absolute atomic E-state index is 0.101. The van der Waals surface area contributed by atoms with Crippen LogP contribution in [0.1, 0.15) is 44.6 Å². The molecule has 4 heteroatoms. The zero-order valence-electron chi connectivity index (χ0n) is 12.4. The molecule has 0 radical (unpaired) electrons. The molecule has 2 rings (SSSR count). The molecule has 4 nitrogen and oxygen atoms in total. The van der Waals surface area contributed by atoms with E-state index in [1.807, 2.05) is 24.0 Å². The van der Waals surface area contributed by atoms with Crippen LogP contribution in [0.2, 0.25) is 0 Å². The largest absolute Gasteiger partial charge is 0.494 e. The summed E-state index contributed by atoms with van der Waals surface area (Å²) in [6, 6.07) is 6.04. The first-order valence-electron chi connectivity index (χ1n) is 7.42. The van der Waals surface area contributed by atoms with E-state index in [-0.39, 0.29) is 5.91 Å². The quantitative estimate of drug-likeness (QED) is 0.920. The Hall–Kier alpha value is -1.55. The molecule has 1 aliphatic rings. The van der Waals surface area contributed by atoms with Gasteiger partial charge in [-0.15, -0.1) is 0 Å². The van der Waals surface area contributed by atoms with Crippen LogP contribution in [0, 0.1) is 0 Å². The molecule has 0 spiro atoms. The molecule has 0 aromatic heterocycles. The maximum absolute atomic E-state index is 11.9. The molecular weight excluding hydrogens is 252 g/mol. The van der Waals surface area contributed by atoms with Gasteiger partial charge in [-0.05, 0) is 62.4 Å². The Morgan fingerprint density at radius 3 is 2.95 bits per heavy atom. The third kappa shape index (κ3) is 3.12. The van der Waals surface area contributed by atoms with Crippen molar-refractivity contribution in [3.05, 3.63) is 23.8 Å². The highest BCUT2D eigenvalue weighted by Crippen LogP contribution is 2.38. The summed E-state index contributed by atoms with van der Waals surface area (Å²) in [5, 5.41) is 0. The molecule has 110 valence electrons. The van der Waals surface area contributed by atoms with E-state index in [4.69, 9.17) is 10.5 Å². The van der Waals surface area contributed by atoms with Crippen molar-refractivity contribution in [2.45, 2.75) is 39.0 Å². The number of fused-ring (bicyclic) bond motifs is 1. The summed E-state index contributed by atoms with van der Waals surface area (Å²) in [5.41, 5.74) is 7.97. The van der Waals surface area contributed by atoms with E-state index >= 15 is 0 Å². The van der Waals surface area contributed by atoms with Crippen LogP contribution in [-0.4, -0.2) is 25.6 Å². The van der Waals surface area contributed by atoms with Crippen LogP contribution >= 0.6 is 0 Å². The number of carbonyl (C=O) groups is 1. The molecule has 1 heterocycles. The Balaban J connectivity index is 2.43. The fourth-order valence-electron chi connectivity index (χ4n) is 2.96. The topological polar surface area (TPSA) is 55.6 Å². The highest BCUT2D eigenvalue weighted by molar-refractivity contribution is 5.92. The van der Waals surface area contributed by atoms with Gasteiger partial charge in [0, 0.05) is 19.2 Å². The molecule has 2 N–H and O–H groups in total. The summed E-state index contributed by atoms with van der Waals surface area (Å²) in [7, 11) is 0. The van der Waals surface area contributed by atoms with Crippen molar-refractivity contribution in [2.24, 2.45) is 5.73 Å². The molecule has 0 bridgehead atoms. The lowest BCUT2D eigenvalue weighted by Crippen LogP contribution is -2.29. The Morgan fingerprint density at radius 2 is 2.30 bits per heavy atom. The fraction of sp³-hybridized carbons (Fsp3) is 0.562. The van der Waals surface area contributed by atoms with Gasteiger partial charge in [-0.1, -0.05) is 0 Å². The van der Waals surface area contributed by atoms with E-state index in [9.17, 15) is 4.79 Å². The molecule has 0 aliphatic carbocycles. The molecule has 1 amide bonds. The number of anilines is 1. The summed E-state index contributed by atoms with van der Waals surface area (Å²) in [6.45, 7) is 5.71. The number of hydrogen-bond donors (Lipinski definition) is 1. The fourth-order valence-corrected chi connectivity index (χ4v) is 2.96. The Kier molecular flexibility index (Phi) is 5.01. The van der Waals surface area contributed by atoms with Crippen molar-refractivity contribution in [1.82, 2.24) is 0 Å². The van der Waals surface area contributed by atoms with Crippen molar-refractivity contribution in [2.75, 3.05) is 24.6 Å². The SMILES string of the molecule is CCOc1ccc2c(c1)C(CCN)CCCN2C(C)=O. The van der Waals surface area contributed by atoms with Crippen LogP contribution in [0.3, 0.4) is 0 Å². The smallest absolute Gasteiger partial charge is 0.223 e. The summed E-state index contributed by atoms with van der Waals surface area (Å²) in [6.07, 6.45) is 3.04. The standard InChI is InChI=1S/C16H24N2O2/c1-3-20-14-6-7-16-15(11-14)13(8-9-17)5-4-10-18(16)12(2)19/h6-7,11,13H,3-5,8-10,17H2,1-2H3. The number of hydrogen-bond acceptors (Lipinski definition) is 3. The molecule has 1 aromatic rings.